The van der Waals surface area contributed by atoms with Crippen molar-refractivity contribution in [1.29, 1.82) is 0 Å². The van der Waals surface area contributed by atoms with E-state index in [0.29, 0.717) is 17.8 Å². The molecule has 0 aliphatic heterocycles. The summed E-state index contributed by atoms with van der Waals surface area (Å²) in [6.07, 6.45) is 2.35. The fourth-order valence-electron chi connectivity index (χ4n) is 2.79. The van der Waals surface area contributed by atoms with Crippen LogP contribution in [0.3, 0.4) is 0 Å². The smallest absolute Gasteiger partial charge is 0.247 e. The van der Waals surface area contributed by atoms with Crippen molar-refractivity contribution in [3.8, 4) is 0 Å². The summed E-state index contributed by atoms with van der Waals surface area (Å²) in [5.74, 6) is -0.485. The molecule has 2 aromatic rings. The Bertz CT molecular complexity index is 803. The van der Waals surface area contributed by atoms with Crippen LogP contribution in [0, 0.1) is 13.8 Å². The van der Waals surface area contributed by atoms with E-state index < -0.39 is 6.04 Å². The van der Waals surface area contributed by atoms with Crippen molar-refractivity contribution in [3.63, 3.8) is 0 Å². The van der Waals surface area contributed by atoms with Crippen LogP contribution in [0.1, 0.15) is 37.3 Å². The number of nitrogens with two attached hydrogens (primary N) is 1. The van der Waals surface area contributed by atoms with Gasteiger partial charge in [-0.25, -0.2) is 0 Å². The minimum absolute atomic E-state index is 0.103. The minimum Gasteiger partial charge on any atom is -0.397 e. The number of nitrogen functional groups attached to an aromatic ring is 1. The molecule has 2 aromatic carbocycles. The third-order valence-electron chi connectivity index (χ3n) is 4.47. The van der Waals surface area contributed by atoms with Crippen molar-refractivity contribution in [2.75, 3.05) is 22.9 Å². The number of unbranched alkanes of at least 4 members (excludes halogenated alkanes) is 1. The molecule has 28 heavy (non-hydrogen) atoms. The molecule has 0 saturated heterocycles. The number of hydrogen-bond donors (Lipinski definition) is 4. The van der Waals surface area contributed by atoms with Crippen molar-refractivity contribution in [2.45, 2.75) is 46.1 Å². The second-order valence-electron chi connectivity index (χ2n) is 7.06. The Morgan fingerprint density at radius 2 is 1.71 bits per heavy atom. The van der Waals surface area contributed by atoms with Crippen LogP contribution in [-0.4, -0.2) is 24.4 Å². The van der Waals surface area contributed by atoms with Gasteiger partial charge in [0.2, 0.25) is 11.8 Å². The second kappa shape index (κ2) is 10.3. The molecule has 6 nitrogen and oxygen atoms in total. The monoisotopic (exact) mass is 382 g/mol. The lowest BCUT2D eigenvalue weighted by molar-refractivity contribution is -0.125. The van der Waals surface area contributed by atoms with Gasteiger partial charge in [0.25, 0.3) is 0 Å². The first-order valence-corrected chi connectivity index (χ1v) is 9.66. The van der Waals surface area contributed by atoms with E-state index in [2.05, 4.69) is 16.0 Å². The Kier molecular flexibility index (Phi) is 7.87. The number of benzene rings is 2. The van der Waals surface area contributed by atoms with Crippen LogP contribution in [0.2, 0.25) is 0 Å². The molecule has 0 radical (unpaired) electrons. The number of aryl methyl sites for hydroxylation is 2. The van der Waals surface area contributed by atoms with Gasteiger partial charge in [0.05, 0.1) is 17.9 Å². The number of nitrogens with one attached hydrogen (secondary N) is 3. The summed E-state index contributed by atoms with van der Waals surface area (Å²) in [6, 6.07) is 12.7. The third-order valence-corrected chi connectivity index (χ3v) is 4.47. The zero-order chi connectivity index (χ0) is 20.5. The zero-order valence-corrected chi connectivity index (χ0v) is 16.8. The Labute approximate surface area is 166 Å². The fourth-order valence-corrected chi connectivity index (χ4v) is 2.79. The molecule has 150 valence electrons. The highest BCUT2D eigenvalue weighted by molar-refractivity contribution is 5.99. The summed E-state index contributed by atoms with van der Waals surface area (Å²) in [4.78, 5) is 25.0. The molecule has 0 spiro atoms. The largest absolute Gasteiger partial charge is 0.397 e. The standard InChI is InChI=1S/C22H30N4O2/c1-4-5-6-20(22(28)26-19-12-9-16(3)13-18(19)23)25-21(27)14-24-17-10-7-15(2)8-11-17/h7-13,20,24H,4-6,14,23H2,1-3H3,(H,25,27)(H,26,28)/t20-/m0/s1. The first-order chi connectivity index (χ1) is 13.4. The molecule has 0 aromatic heterocycles. The van der Waals surface area contributed by atoms with Gasteiger partial charge in [-0.1, -0.05) is 43.5 Å². The molecule has 0 heterocycles. The van der Waals surface area contributed by atoms with Crippen molar-refractivity contribution < 1.29 is 9.59 Å². The summed E-state index contributed by atoms with van der Waals surface area (Å²) in [5.41, 5.74) is 10.1. The van der Waals surface area contributed by atoms with E-state index in [1.54, 1.807) is 12.1 Å². The van der Waals surface area contributed by atoms with Crippen LogP contribution in [0.4, 0.5) is 17.1 Å². The summed E-state index contributed by atoms with van der Waals surface area (Å²) in [5, 5.41) is 8.74. The van der Waals surface area contributed by atoms with Crippen molar-refractivity contribution in [1.82, 2.24) is 5.32 Å². The van der Waals surface area contributed by atoms with Crippen LogP contribution in [0.15, 0.2) is 42.5 Å². The molecule has 1 atom stereocenters. The molecule has 6 heteroatoms. The van der Waals surface area contributed by atoms with Gasteiger partial charge in [-0.2, -0.15) is 0 Å². The van der Waals surface area contributed by atoms with Gasteiger partial charge in [-0.05, 0) is 50.1 Å². The third kappa shape index (κ3) is 6.61. The summed E-state index contributed by atoms with van der Waals surface area (Å²) < 4.78 is 0. The SMILES string of the molecule is CCCC[C@H](NC(=O)CNc1ccc(C)cc1)C(=O)Nc1ccc(C)cc1N. The lowest BCUT2D eigenvalue weighted by Crippen LogP contribution is -2.45. The number of carbonyl (C=O) groups is 2. The van der Waals surface area contributed by atoms with E-state index in [0.717, 1.165) is 29.7 Å². The summed E-state index contributed by atoms with van der Waals surface area (Å²) >= 11 is 0. The number of hydrogen-bond acceptors (Lipinski definition) is 4. The van der Waals surface area contributed by atoms with Crippen molar-refractivity contribution in [3.05, 3.63) is 53.6 Å². The topological polar surface area (TPSA) is 96.2 Å². The molecule has 0 aliphatic carbocycles. The molecular formula is C22H30N4O2. The van der Waals surface area contributed by atoms with Crippen LogP contribution >= 0.6 is 0 Å². The van der Waals surface area contributed by atoms with E-state index in [1.165, 1.54) is 0 Å². The molecule has 0 bridgehead atoms. The first-order valence-electron chi connectivity index (χ1n) is 9.66. The molecule has 0 unspecified atom stereocenters. The normalized spacial score (nSPS) is 11.5. The van der Waals surface area contributed by atoms with E-state index in [1.807, 2.05) is 51.1 Å². The van der Waals surface area contributed by atoms with Gasteiger partial charge in [0, 0.05) is 5.69 Å². The Hall–Kier alpha value is -3.02. The Morgan fingerprint density at radius 3 is 2.36 bits per heavy atom. The van der Waals surface area contributed by atoms with E-state index >= 15 is 0 Å². The quantitative estimate of drug-likeness (QED) is 0.498. The molecule has 5 N–H and O–H groups in total. The maximum absolute atomic E-state index is 12.7. The highest BCUT2D eigenvalue weighted by atomic mass is 16.2. The molecule has 0 aliphatic rings. The maximum atomic E-state index is 12.7. The molecule has 0 fully saturated rings. The number of amides is 2. The molecule has 0 saturated carbocycles. The second-order valence-corrected chi connectivity index (χ2v) is 7.06. The lowest BCUT2D eigenvalue weighted by atomic mass is 10.1. The van der Waals surface area contributed by atoms with Crippen LogP contribution in [-0.2, 0) is 9.59 Å². The predicted octanol–water partition coefficient (Wildman–Crippen LogP) is 3.61. The average molecular weight is 383 g/mol. The van der Waals surface area contributed by atoms with Gasteiger partial charge in [0.15, 0.2) is 0 Å². The van der Waals surface area contributed by atoms with Crippen molar-refractivity contribution in [2.24, 2.45) is 0 Å². The molecular weight excluding hydrogens is 352 g/mol. The fraction of sp³-hybridized carbons (Fsp3) is 0.364. The highest BCUT2D eigenvalue weighted by Crippen LogP contribution is 2.20. The molecule has 2 amide bonds. The van der Waals surface area contributed by atoms with Crippen LogP contribution < -0.4 is 21.7 Å². The van der Waals surface area contributed by atoms with Gasteiger partial charge >= 0.3 is 0 Å². The summed E-state index contributed by atoms with van der Waals surface area (Å²) in [7, 11) is 0. The highest BCUT2D eigenvalue weighted by Gasteiger charge is 2.21. The lowest BCUT2D eigenvalue weighted by Gasteiger charge is -2.19. The van der Waals surface area contributed by atoms with Gasteiger partial charge < -0.3 is 21.7 Å². The van der Waals surface area contributed by atoms with Crippen molar-refractivity contribution >= 4 is 28.9 Å². The number of anilines is 3. The number of rotatable bonds is 9. The Balaban J connectivity index is 1.95. The average Bonchev–Trinajstić information content (AvgIpc) is 2.66. The van der Waals surface area contributed by atoms with E-state index in [4.69, 9.17) is 5.73 Å². The number of carbonyl (C=O) groups excluding carboxylic acids is 2. The van der Waals surface area contributed by atoms with Gasteiger partial charge in [-0.3, -0.25) is 9.59 Å². The van der Waals surface area contributed by atoms with Crippen LogP contribution in [0.5, 0.6) is 0 Å². The van der Waals surface area contributed by atoms with E-state index in [-0.39, 0.29) is 18.4 Å². The summed E-state index contributed by atoms with van der Waals surface area (Å²) in [6.45, 7) is 6.10. The van der Waals surface area contributed by atoms with Crippen LogP contribution in [0.25, 0.3) is 0 Å². The predicted molar refractivity (Wildman–Crippen MR) is 115 cm³/mol. The minimum atomic E-state index is -0.604. The first kappa shape index (κ1) is 21.3. The van der Waals surface area contributed by atoms with Gasteiger partial charge in [-0.15, -0.1) is 0 Å². The van der Waals surface area contributed by atoms with Gasteiger partial charge in [0.1, 0.15) is 6.04 Å². The molecule has 2 rings (SSSR count). The zero-order valence-electron chi connectivity index (χ0n) is 16.8. The Morgan fingerprint density at radius 1 is 1.04 bits per heavy atom. The van der Waals surface area contributed by atoms with E-state index in [9.17, 15) is 9.59 Å². The maximum Gasteiger partial charge on any atom is 0.247 e.